The minimum absolute atomic E-state index is 0.0553. The minimum Gasteiger partial charge on any atom is -0.399 e. The van der Waals surface area contributed by atoms with Crippen LogP contribution in [0.5, 0.6) is 0 Å². The summed E-state index contributed by atoms with van der Waals surface area (Å²) >= 11 is 3.59. The number of rotatable bonds is 13. The van der Waals surface area contributed by atoms with Crippen LogP contribution in [-0.4, -0.2) is 125 Å². The molecule has 8 rings (SSSR count). The number of halogens is 1. The van der Waals surface area contributed by atoms with Gasteiger partial charge in [0, 0.05) is 24.5 Å². The molecule has 0 saturated carbocycles. The molecule has 4 unspecified atom stereocenters. The van der Waals surface area contributed by atoms with Gasteiger partial charge in [0.1, 0.15) is 36.6 Å². The van der Waals surface area contributed by atoms with Crippen LogP contribution in [0.4, 0.5) is 0 Å². The van der Waals surface area contributed by atoms with E-state index >= 15 is 0 Å². The third-order valence-electron chi connectivity index (χ3n) is 16.4. The molecule has 5 aromatic carbocycles. The maximum Gasteiger partial charge on any atom is 0.494 e. The van der Waals surface area contributed by atoms with Gasteiger partial charge in [-0.3, -0.25) is 9.59 Å². The minimum atomic E-state index is -1.58. The van der Waals surface area contributed by atoms with Gasteiger partial charge >= 0.3 is 7.12 Å². The number of aliphatic hydroxyl groups is 5. The Balaban J connectivity index is 0.000000200. The molecule has 3 aliphatic rings. The van der Waals surface area contributed by atoms with Crippen molar-refractivity contribution in [2.24, 2.45) is 11.8 Å². The van der Waals surface area contributed by atoms with Gasteiger partial charge in [0.25, 0.3) is 11.8 Å². The van der Waals surface area contributed by atoms with Crippen LogP contribution in [0.2, 0.25) is 0 Å². The summed E-state index contributed by atoms with van der Waals surface area (Å²) in [4.78, 5) is 24.0. The molecule has 432 valence electrons. The highest BCUT2D eigenvalue weighted by atomic mass is 79.9. The second-order valence-corrected chi connectivity index (χ2v) is 23.1. The second-order valence-electron chi connectivity index (χ2n) is 22.2. The van der Waals surface area contributed by atoms with Gasteiger partial charge in [-0.1, -0.05) is 110 Å². The van der Waals surface area contributed by atoms with Crippen LogP contribution in [0.15, 0.2) is 108 Å². The fourth-order valence-electron chi connectivity index (χ4n) is 10.6. The molecule has 0 aromatic heterocycles. The number of nitrogens with one attached hydrogen (secondary N) is 2. The van der Waals surface area contributed by atoms with Crippen LogP contribution >= 0.6 is 15.9 Å². The molecule has 18 heteroatoms. The van der Waals surface area contributed by atoms with Gasteiger partial charge in [0.2, 0.25) is 0 Å². The zero-order valence-electron chi connectivity index (χ0n) is 48.3. The summed E-state index contributed by atoms with van der Waals surface area (Å²) in [6.07, 6.45) is -6.90. The fraction of sp³-hybridized carbons (Fsp3) is 0.460. The number of hydrogen-bond acceptors (Lipinski definition) is 14. The highest BCUT2D eigenvalue weighted by molar-refractivity contribution is 9.10. The number of hydrogen-bond donors (Lipinski definition) is 7. The predicted molar refractivity (Wildman–Crippen MR) is 313 cm³/mol. The average molecular weight is 1170 g/mol. The molecule has 3 fully saturated rings. The molecule has 16 nitrogen and oxygen atoms in total. The van der Waals surface area contributed by atoms with Crippen LogP contribution in [0.3, 0.4) is 0 Å². The SMILES string of the molecule is CCC1O[C@H]([C@H](C)c2ccc(Br)cc2C)C(OCc2ccccc2)[C@@H](C)[C@@H]1C.CNC(=O)c1cc(-c2ccc([C@@H](O)[C@H]3OC(CO)[C@@H](O)[C@H](O)C3O)c(C)c2)ccc1C#N.CNC(=O)c1cc(B2OC(C)(C)C(C)(C)O2)ccc1C#N. The topological polar surface area (TPSA) is 253 Å². The van der Waals surface area contributed by atoms with Gasteiger partial charge in [0.15, 0.2) is 0 Å². The molecule has 7 N–H and O–H groups in total. The van der Waals surface area contributed by atoms with Gasteiger partial charge in [-0.15, -0.1) is 0 Å². The summed E-state index contributed by atoms with van der Waals surface area (Å²) in [5.74, 6) is 0.531. The molecule has 2 amide bonds. The van der Waals surface area contributed by atoms with Crippen molar-refractivity contribution in [1.82, 2.24) is 10.6 Å². The molecule has 3 heterocycles. The number of aliphatic hydroxyl groups excluding tert-OH is 5. The molecule has 3 saturated heterocycles. The van der Waals surface area contributed by atoms with Crippen molar-refractivity contribution in [3.63, 3.8) is 0 Å². The smallest absolute Gasteiger partial charge is 0.399 e. The van der Waals surface area contributed by atoms with Crippen molar-refractivity contribution in [1.29, 1.82) is 10.5 Å². The molecular weight excluding hydrogens is 1100 g/mol. The molecule has 0 aliphatic carbocycles. The van der Waals surface area contributed by atoms with Gasteiger partial charge in [-0.2, -0.15) is 10.5 Å². The average Bonchev–Trinajstić information content (AvgIpc) is 3.90. The molecule has 5 aromatic rings. The van der Waals surface area contributed by atoms with Gasteiger partial charge in [-0.05, 0) is 141 Å². The monoisotopic (exact) mass is 1170 g/mol. The Morgan fingerprint density at radius 2 is 1.26 bits per heavy atom. The lowest BCUT2D eigenvalue weighted by atomic mass is 9.76. The van der Waals surface area contributed by atoms with Crippen LogP contribution in [0.1, 0.15) is 133 Å². The van der Waals surface area contributed by atoms with Crippen molar-refractivity contribution in [2.45, 2.75) is 154 Å². The first-order valence-corrected chi connectivity index (χ1v) is 28.2. The normalized spacial score (nSPS) is 25.3. The van der Waals surface area contributed by atoms with E-state index in [1.54, 1.807) is 61.5 Å². The third-order valence-corrected chi connectivity index (χ3v) is 16.9. The lowest BCUT2D eigenvalue weighted by Gasteiger charge is -2.47. The molecule has 81 heavy (non-hydrogen) atoms. The Labute approximate surface area is 485 Å². The Bertz CT molecular complexity index is 3040. The number of nitrogens with zero attached hydrogens (tertiary/aromatic N) is 2. The van der Waals surface area contributed by atoms with Crippen molar-refractivity contribution in [2.75, 3.05) is 20.7 Å². The van der Waals surface area contributed by atoms with E-state index in [0.29, 0.717) is 46.3 Å². The summed E-state index contributed by atoms with van der Waals surface area (Å²) in [6, 6.07) is 36.0. The van der Waals surface area contributed by atoms with E-state index in [2.05, 4.69) is 104 Å². The first-order valence-electron chi connectivity index (χ1n) is 27.4. The molecule has 0 radical (unpaired) electrons. The lowest BCUT2D eigenvalue weighted by molar-refractivity contribution is -0.250. The summed E-state index contributed by atoms with van der Waals surface area (Å²) in [7, 11) is 2.46. The van der Waals surface area contributed by atoms with Crippen LogP contribution in [-0.2, 0) is 30.1 Å². The summed E-state index contributed by atoms with van der Waals surface area (Å²) in [5, 5.41) is 73.8. The molecule has 0 spiro atoms. The lowest BCUT2D eigenvalue weighted by Crippen LogP contribution is -2.59. The van der Waals surface area contributed by atoms with E-state index in [1.807, 2.05) is 45.9 Å². The van der Waals surface area contributed by atoms with E-state index in [9.17, 15) is 40.4 Å². The fourth-order valence-corrected chi connectivity index (χ4v) is 11.0. The number of ether oxygens (including phenoxy) is 3. The number of carbonyl (C=O) groups is 2. The molecule has 0 bridgehead atoms. The standard InChI is InChI=1S/C25H33BrO2.C23H26N2O7.C15H19BN2O3/c1-6-23-17(3)18(4)24(27-15-20-10-8-7-9-11-20)25(28-23)19(5)22-13-12-21(26)14-16(22)2;1-11-7-12(13-3-4-14(9-24)16(8-13)23(31)25-2)5-6-15(11)18(27)22-21(30)20(29)19(28)17(10-26)32-22;1-14(2)15(3,4)21-16(20-14)11-7-6-10(9-17)12(8-11)13(19)18-5/h7-14,17-19,23-25H,6,15H2,1-5H3;3-8,17-22,26-30H,10H2,1-2H3,(H,25,31);6-8H,1-5H3,(H,18,19)/t17-,18-,19+,23?,24?,25+;17?,18-,19-,20+,21?,22-;/m01./s1. The first kappa shape index (κ1) is 64.3. The van der Waals surface area contributed by atoms with Crippen molar-refractivity contribution < 1.29 is 58.6 Å². The number of benzene rings is 5. The Morgan fingerprint density at radius 1 is 0.716 bits per heavy atom. The summed E-state index contributed by atoms with van der Waals surface area (Å²) in [6.45, 7) is 21.0. The van der Waals surface area contributed by atoms with Crippen molar-refractivity contribution >= 4 is 40.3 Å². The maximum atomic E-state index is 12.1. The van der Waals surface area contributed by atoms with Crippen LogP contribution in [0, 0.1) is 48.3 Å². The molecule has 12 atom stereocenters. The quantitative estimate of drug-likeness (QED) is 0.0554. The largest absolute Gasteiger partial charge is 0.494 e. The number of aryl methyl sites for hydroxylation is 2. The second kappa shape index (κ2) is 28.0. The third kappa shape index (κ3) is 14.7. The number of amides is 2. The Hall–Kier alpha value is -5.84. The summed E-state index contributed by atoms with van der Waals surface area (Å²) in [5.41, 5.74) is 7.36. The van der Waals surface area contributed by atoms with E-state index in [1.165, 1.54) is 30.8 Å². The van der Waals surface area contributed by atoms with E-state index in [4.69, 9.17) is 28.8 Å². The van der Waals surface area contributed by atoms with Gasteiger partial charge in [0.05, 0.1) is 77.1 Å². The van der Waals surface area contributed by atoms with E-state index < -0.39 is 61.6 Å². The molecule has 3 aliphatic heterocycles. The van der Waals surface area contributed by atoms with Crippen LogP contribution < -0.4 is 16.1 Å². The first-order chi connectivity index (χ1) is 38.4. The zero-order valence-corrected chi connectivity index (χ0v) is 49.9. The Morgan fingerprint density at radius 3 is 1.81 bits per heavy atom. The number of carbonyl (C=O) groups excluding carboxylic acids is 2. The van der Waals surface area contributed by atoms with E-state index in [0.717, 1.165) is 21.9 Å². The Kier molecular flexibility index (Phi) is 22.2. The highest BCUT2D eigenvalue weighted by Gasteiger charge is 2.52. The van der Waals surface area contributed by atoms with Gasteiger partial charge in [-0.25, -0.2) is 0 Å². The van der Waals surface area contributed by atoms with E-state index in [-0.39, 0.29) is 47.2 Å². The predicted octanol–water partition coefficient (Wildman–Crippen LogP) is 7.88. The number of nitriles is 2. The zero-order chi connectivity index (χ0) is 59.7. The van der Waals surface area contributed by atoms with Gasteiger partial charge < -0.3 is 59.7 Å². The molecular formula is C63H78BBrN4O12. The maximum absolute atomic E-state index is 12.1. The van der Waals surface area contributed by atoms with Crippen LogP contribution in [0.25, 0.3) is 11.1 Å². The van der Waals surface area contributed by atoms with Crippen molar-refractivity contribution in [3.05, 3.63) is 158 Å². The highest BCUT2D eigenvalue weighted by Crippen LogP contribution is 2.42. The summed E-state index contributed by atoms with van der Waals surface area (Å²) < 4.78 is 31.7. The van der Waals surface area contributed by atoms with Crippen molar-refractivity contribution in [3.8, 4) is 23.3 Å².